The first-order chi connectivity index (χ1) is 12.8. The number of carbonyl (C=O) groups is 1. The second-order valence-corrected chi connectivity index (χ2v) is 6.49. The first-order valence-electron chi connectivity index (χ1n) is 9.37. The molecule has 2 aromatic rings. The highest BCUT2D eigenvalue weighted by atomic mass is 16.6. The highest BCUT2D eigenvalue weighted by molar-refractivity contribution is 5.88. The van der Waals surface area contributed by atoms with E-state index >= 15 is 0 Å². The van der Waals surface area contributed by atoms with Crippen LogP contribution in [0.1, 0.15) is 38.5 Å². The summed E-state index contributed by atoms with van der Waals surface area (Å²) >= 11 is 0. The fourth-order valence-corrected chi connectivity index (χ4v) is 3.16. The molecule has 1 saturated heterocycles. The molecule has 2 heterocycles. The van der Waals surface area contributed by atoms with Crippen LogP contribution in [-0.2, 0) is 4.74 Å². The molecule has 1 aliphatic carbocycles. The van der Waals surface area contributed by atoms with Crippen LogP contribution in [0, 0.1) is 0 Å². The van der Waals surface area contributed by atoms with Crippen LogP contribution < -0.4 is 10.2 Å². The summed E-state index contributed by atoms with van der Waals surface area (Å²) in [6.45, 7) is 0.979. The van der Waals surface area contributed by atoms with Gasteiger partial charge in [0.15, 0.2) is 0 Å². The van der Waals surface area contributed by atoms with Crippen LogP contribution in [0.4, 0.5) is 16.6 Å². The topological polar surface area (TPSA) is 67.3 Å². The summed E-state index contributed by atoms with van der Waals surface area (Å²) in [6, 6.07) is 14.2. The van der Waals surface area contributed by atoms with Gasteiger partial charge in [0.25, 0.3) is 0 Å². The summed E-state index contributed by atoms with van der Waals surface area (Å²) in [5.41, 5.74) is 0. The molecule has 1 amide bonds. The van der Waals surface area contributed by atoms with Gasteiger partial charge < -0.3 is 10.1 Å². The zero-order chi connectivity index (χ0) is 18.0. The minimum Gasteiger partial charge on any atom is -0.447 e. The standard InChI is InChI=1S/C14H20N4O2.C6H6/c19-14-18(9-10-20-14)12-7-8-15-13(17-12)16-11-5-3-1-2-4-6-11;1-2-4-6-5-3-1/h7-8,11H,1-6,9-10H2,(H,15,16,17);1-6H. The summed E-state index contributed by atoms with van der Waals surface area (Å²) in [5, 5.41) is 3.40. The van der Waals surface area contributed by atoms with E-state index in [0.717, 1.165) is 0 Å². The van der Waals surface area contributed by atoms with Gasteiger partial charge in [-0.3, -0.25) is 4.90 Å². The Morgan fingerprint density at radius 3 is 2.23 bits per heavy atom. The third kappa shape index (κ3) is 5.44. The molecule has 1 saturated carbocycles. The molecular weight excluding hydrogens is 328 g/mol. The Labute approximate surface area is 154 Å². The highest BCUT2D eigenvalue weighted by Crippen LogP contribution is 2.21. The van der Waals surface area contributed by atoms with Crippen molar-refractivity contribution >= 4 is 17.9 Å². The number of nitrogens with zero attached hydrogens (tertiary/aromatic N) is 3. The van der Waals surface area contributed by atoms with Gasteiger partial charge in [0, 0.05) is 12.2 Å². The van der Waals surface area contributed by atoms with E-state index in [9.17, 15) is 4.79 Å². The predicted molar refractivity (Wildman–Crippen MR) is 102 cm³/mol. The number of cyclic esters (lactones) is 1. The largest absolute Gasteiger partial charge is 0.447 e. The lowest BCUT2D eigenvalue weighted by Gasteiger charge is -2.17. The molecule has 2 aliphatic rings. The number of anilines is 2. The molecule has 6 heteroatoms. The molecule has 0 spiro atoms. The van der Waals surface area contributed by atoms with Gasteiger partial charge in [0.1, 0.15) is 12.4 Å². The van der Waals surface area contributed by atoms with Crippen LogP contribution in [0.3, 0.4) is 0 Å². The van der Waals surface area contributed by atoms with Crippen LogP contribution in [0.25, 0.3) is 0 Å². The number of ether oxygens (including phenoxy) is 1. The molecule has 138 valence electrons. The van der Waals surface area contributed by atoms with E-state index in [0.29, 0.717) is 31.0 Å². The van der Waals surface area contributed by atoms with Crippen LogP contribution in [0.2, 0.25) is 0 Å². The number of nitrogens with one attached hydrogen (secondary N) is 1. The zero-order valence-corrected chi connectivity index (χ0v) is 15.0. The lowest BCUT2D eigenvalue weighted by Crippen LogP contribution is -2.26. The van der Waals surface area contributed by atoms with Crippen molar-refractivity contribution in [1.29, 1.82) is 0 Å². The van der Waals surface area contributed by atoms with Gasteiger partial charge in [-0.25, -0.2) is 9.78 Å². The summed E-state index contributed by atoms with van der Waals surface area (Å²) in [6.07, 6.45) is 8.85. The predicted octanol–water partition coefficient (Wildman–Crippen LogP) is 4.25. The average Bonchev–Trinajstić information content (AvgIpc) is 2.96. The Bertz CT molecular complexity index is 646. The molecule has 0 radical (unpaired) electrons. The summed E-state index contributed by atoms with van der Waals surface area (Å²) in [5.74, 6) is 1.22. The summed E-state index contributed by atoms with van der Waals surface area (Å²) in [7, 11) is 0. The highest BCUT2D eigenvalue weighted by Gasteiger charge is 2.25. The average molecular weight is 354 g/mol. The van der Waals surface area contributed by atoms with Gasteiger partial charge >= 0.3 is 6.09 Å². The van der Waals surface area contributed by atoms with E-state index in [1.165, 1.54) is 38.5 Å². The van der Waals surface area contributed by atoms with Gasteiger partial charge in [-0.15, -0.1) is 0 Å². The molecule has 2 fully saturated rings. The van der Waals surface area contributed by atoms with Crippen molar-refractivity contribution in [2.75, 3.05) is 23.4 Å². The van der Waals surface area contributed by atoms with Crippen molar-refractivity contribution in [2.24, 2.45) is 0 Å². The quantitative estimate of drug-likeness (QED) is 0.835. The molecule has 4 rings (SSSR count). The summed E-state index contributed by atoms with van der Waals surface area (Å²) in [4.78, 5) is 21.8. The van der Waals surface area contributed by atoms with E-state index in [4.69, 9.17) is 4.74 Å². The van der Waals surface area contributed by atoms with Crippen LogP contribution in [0.5, 0.6) is 0 Å². The third-order valence-electron chi connectivity index (χ3n) is 4.53. The van der Waals surface area contributed by atoms with E-state index in [1.54, 1.807) is 17.2 Å². The maximum Gasteiger partial charge on any atom is 0.415 e. The smallest absolute Gasteiger partial charge is 0.415 e. The molecule has 1 aliphatic heterocycles. The Balaban J connectivity index is 0.000000278. The molecule has 1 aromatic carbocycles. The van der Waals surface area contributed by atoms with E-state index in [-0.39, 0.29) is 6.09 Å². The van der Waals surface area contributed by atoms with Crippen molar-refractivity contribution in [2.45, 2.75) is 44.6 Å². The second-order valence-electron chi connectivity index (χ2n) is 6.49. The van der Waals surface area contributed by atoms with Crippen molar-refractivity contribution in [3.8, 4) is 0 Å². The number of carbonyl (C=O) groups excluding carboxylic acids is 1. The first-order valence-corrected chi connectivity index (χ1v) is 9.37. The van der Waals surface area contributed by atoms with Gasteiger partial charge in [-0.2, -0.15) is 4.98 Å². The third-order valence-corrected chi connectivity index (χ3v) is 4.53. The Hall–Kier alpha value is -2.63. The molecule has 1 aromatic heterocycles. The number of amides is 1. The minimum absolute atomic E-state index is 0.330. The molecule has 1 N–H and O–H groups in total. The van der Waals surface area contributed by atoms with Crippen molar-refractivity contribution in [3.63, 3.8) is 0 Å². The van der Waals surface area contributed by atoms with Gasteiger partial charge in [-0.05, 0) is 18.9 Å². The lowest BCUT2D eigenvalue weighted by molar-refractivity contribution is 0.181. The number of benzene rings is 1. The van der Waals surface area contributed by atoms with Gasteiger partial charge in [-0.1, -0.05) is 62.1 Å². The Morgan fingerprint density at radius 1 is 1.00 bits per heavy atom. The van der Waals surface area contributed by atoms with E-state index in [1.807, 2.05) is 36.4 Å². The van der Waals surface area contributed by atoms with Crippen LogP contribution >= 0.6 is 0 Å². The molecule has 26 heavy (non-hydrogen) atoms. The number of aromatic nitrogens is 2. The Morgan fingerprint density at radius 2 is 1.65 bits per heavy atom. The molecular formula is C20H26N4O2. The lowest BCUT2D eigenvalue weighted by atomic mass is 10.1. The van der Waals surface area contributed by atoms with Crippen LogP contribution in [-0.4, -0.2) is 35.3 Å². The fraction of sp³-hybridized carbons (Fsp3) is 0.450. The van der Waals surface area contributed by atoms with Gasteiger partial charge in [0.05, 0.1) is 6.54 Å². The van der Waals surface area contributed by atoms with E-state index < -0.39 is 0 Å². The molecule has 0 atom stereocenters. The monoisotopic (exact) mass is 354 g/mol. The van der Waals surface area contributed by atoms with Gasteiger partial charge in [0.2, 0.25) is 5.95 Å². The number of hydrogen-bond donors (Lipinski definition) is 1. The van der Waals surface area contributed by atoms with Crippen molar-refractivity contribution in [3.05, 3.63) is 48.7 Å². The molecule has 6 nitrogen and oxygen atoms in total. The maximum atomic E-state index is 11.5. The number of hydrogen-bond acceptors (Lipinski definition) is 5. The SMILES string of the molecule is O=C1OCCN1c1ccnc(NC2CCCCCC2)n1.c1ccccc1. The van der Waals surface area contributed by atoms with Crippen molar-refractivity contribution in [1.82, 2.24) is 9.97 Å². The molecule has 0 unspecified atom stereocenters. The minimum atomic E-state index is -0.330. The van der Waals surface area contributed by atoms with E-state index in [2.05, 4.69) is 15.3 Å². The van der Waals surface area contributed by atoms with Crippen molar-refractivity contribution < 1.29 is 9.53 Å². The Kier molecular flexibility index (Phi) is 6.81. The van der Waals surface area contributed by atoms with Crippen LogP contribution in [0.15, 0.2) is 48.7 Å². The normalized spacial score (nSPS) is 17.7. The zero-order valence-electron chi connectivity index (χ0n) is 15.0. The second kappa shape index (κ2) is 9.75. The fourth-order valence-electron chi connectivity index (χ4n) is 3.16. The molecule has 0 bridgehead atoms. The first kappa shape index (κ1) is 18.2. The number of rotatable bonds is 3. The maximum absolute atomic E-state index is 11.5. The summed E-state index contributed by atoms with van der Waals surface area (Å²) < 4.78 is 4.93.